The molecule has 0 N–H and O–H groups in total. The van der Waals surface area contributed by atoms with Gasteiger partial charge in [0.1, 0.15) is 12.4 Å². The number of ether oxygens (including phenoxy) is 3. The SMILES string of the molecule is CCOc1ccc(/C=C2\SC(=O)N(CCOc3ccc(C)cc3)C2=O)cc1OCC. The Balaban J connectivity index is 1.66. The first-order chi connectivity index (χ1) is 14.5. The van der Waals surface area contributed by atoms with Crippen LogP contribution >= 0.6 is 11.8 Å². The summed E-state index contributed by atoms with van der Waals surface area (Å²) in [5, 5.41) is -0.297. The third kappa shape index (κ3) is 5.36. The molecule has 7 heteroatoms. The Bertz CT molecular complexity index is 939. The van der Waals surface area contributed by atoms with E-state index in [0.29, 0.717) is 35.4 Å². The number of hydrogen-bond acceptors (Lipinski definition) is 6. The molecule has 2 aromatic carbocycles. The summed E-state index contributed by atoms with van der Waals surface area (Å²) in [6, 6.07) is 13.1. The van der Waals surface area contributed by atoms with Crippen molar-refractivity contribution in [2.75, 3.05) is 26.4 Å². The van der Waals surface area contributed by atoms with Gasteiger partial charge in [0.2, 0.25) is 0 Å². The van der Waals surface area contributed by atoms with E-state index in [9.17, 15) is 9.59 Å². The minimum atomic E-state index is -0.315. The molecular formula is C23H25NO5S. The summed E-state index contributed by atoms with van der Waals surface area (Å²) < 4.78 is 16.8. The molecular weight excluding hydrogens is 402 g/mol. The fraction of sp³-hybridized carbons (Fsp3) is 0.304. The Kier molecular flexibility index (Phi) is 7.41. The maximum absolute atomic E-state index is 12.7. The molecule has 0 unspecified atom stereocenters. The van der Waals surface area contributed by atoms with Gasteiger partial charge in [-0.15, -0.1) is 0 Å². The fourth-order valence-electron chi connectivity index (χ4n) is 2.89. The van der Waals surface area contributed by atoms with Crippen LogP contribution in [0.2, 0.25) is 0 Å². The van der Waals surface area contributed by atoms with Crippen LogP contribution in [0.25, 0.3) is 6.08 Å². The molecule has 30 heavy (non-hydrogen) atoms. The quantitative estimate of drug-likeness (QED) is 0.530. The van der Waals surface area contributed by atoms with Crippen molar-refractivity contribution >= 4 is 29.0 Å². The van der Waals surface area contributed by atoms with Crippen molar-refractivity contribution in [1.29, 1.82) is 0 Å². The van der Waals surface area contributed by atoms with E-state index in [1.807, 2.05) is 57.2 Å². The number of hydrogen-bond donors (Lipinski definition) is 0. The summed E-state index contributed by atoms with van der Waals surface area (Å²) in [6.45, 7) is 7.27. The van der Waals surface area contributed by atoms with Crippen LogP contribution in [0.1, 0.15) is 25.0 Å². The molecule has 2 aromatic rings. The van der Waals surface area contributed by atoms with Gasteiger partial charge in [0.15, 0.2) is 11.5 Å². The predicted octanol–water partition coefficient (Wildman–Crippen LogP) is 4.91. The monoisotopic (exact) mass is 427 g/mol. The van der Waals surface area contributed by atoms with Gasteiger partial charge in [-0.25, -0.2) is 0 Å². The van der Waals surface area contributed by atoms with E-state index >= 15 is 0 Å². The highest BCUT2D eigenvalue weighted by Gasteiger charge is 2.34. The first kappa shape index (κ1) is 21.8. The van der Waals surface area contributed by atoms with Crippen molar-refractivity contribution in [3.8, 4) is 17.2 Å². The van der Waals surface area contributed by atoms with Gasteiger partial charge in [0.05, 0.1) is 24.7 Å². The third-order valence-electron chi connectivity index (χ3n) is 4.34. The molecule has 158 valence electrons. The summed E-state index contributed by atoms with van der Waals surface area (Å²) >= 11 is 0.929. The van der Waals surface area contributed by atoms with Crippen LogP contribution in [-0.2, 0) is 4.79 Å². The van der Waals surface area contributed by atoms with Crippen molar-refractivity contribution in [3.63, 3.8) is 0 Å². The molecule has 6 nitrogen and oxygen atoms in total. The van der Waals surface area contributed by atoms with Crippen LogP contribution in [0.15, 0.2) is 47.4 Å². The van der Waals surface area contributed by atoms with Gasteiger partial charge in [-0.05, 0) is 68.4 Å². The minimum absolute atomic E-state index is 0.198. The number of imide groups is 1. The van der Waals surface area contributed by atoms with Crippen molar-refractivity contribution < 1.29 is 23.8 Å². The fourth-order valence-corrected chi connectivity index (χ4v) is 3.76. The topological polar surface area (TPSA) is 65.1 Å². The largest absolute Gasteiger partial charge is 0.492 e. The highest BCUT2D eigenvalue weighted by Crippen LogP contribution is 2.34. The maximum atomic E-state index is 12.7. The molecule has 0 bridgehead atoms. The van der Waals surface area contributed by atoms with Crippen molar-refractivity contribution in [3.05, 3.63) is 58.5 Å². The zero-order valence-electron chi connectivity index (χ0n) is 17.3. The Morgan fingerprint density at radius 1 is 0.933 bits per heavy atom. The van der Waals surface area contributed by atoms with Crippen molar-refractivity contribution in [1.82, 2.24) is 4.90 Å². The standard InChI is InChI=1S/C23H25NO5S/c1-4-27-19-11-8-17(14-20(19)28-5-2)15-21-22(25)24(23(26)30-21)12-13-29-18-9-6-16(3)7-10-18/h6-11,14-15H,4-5,12-13H2,1-3H3/b21-15-. The van der Waals surface area contributed by atoms with Gasteiger partial charge in [0, 0.05) is 0 Å². The molecule has 0 atom stereocenters. The van der Waals surface area contributed by atoms with E-state index in [-0.39, 0.29) is 24.3 Å². The third-order valence-corrected chi connectivity index (χ3v) is 5.25. The van der Waals surface area contributed by atoms with Gasteiger partial charge >= 0.3 is 0 Å². The molecule has 1 fully saturated rings. The lowest BCUT2D eigenvalue weighted by molar-refractivity contribution is -0.123. The average molecular weight is 428 g/mol. The molecule has 1 heterocycles. The Morgan fingerprint density at radius 2 is 1.63 bits per heavy atom. The summed E-state index contributed by atoms with van der Waals surface area (Å²) in [5.41, 5.74) is 1.91. The Morgan fingerprint density at radius 3 is 2.33 bits per heavy atom. The van der Waals surface area contributed by atoms with Crippen LogP contribution in [-0.4, -0.2) is 42.4 Å². The second kappa shape index (κ2) is 10.2. The summed E-state index contributed by atoms with van der Waals surface area (Å²) in [5.74, 6) is 1.65. The molecule has 1 saturated heterocycles. The Labute approximate surface area is 180 Å². The number of benzene rings is 2. The molecule has 0 radical (unpaired) electrons. The molecule has 0 spiro atoms. The van der Waals surface area contributed by atoms with Gasteiger partial charge < -0.3 is 14.2 Å². The number of nitrogens with zero attached hydrogens (tertiary/aromatic N) is 1. The lowest BCUT2D eigenvalue weighted by Gasteiger charge is -2.13. The molecule has 0 aliphatic carbocycles. The summed E-state index contributed by atoms with van der Waals surface area (Å²) in [4.78, 5) is 26.6. The first-order valence-electron chi connectivity index (χ1n) is 9.86. The molecule has 1 aliphatic rings. The number of aryl methyl sites for hydroxylation is 1. The lowest BCUT2D eigenvalue weighted by Crippen LogP contribution is -2.32. The molecule has 1 aliphatic heterocycles. The van der Waals surface area contributed by atoms with Crippen molar-refractivity contribution in [2.45, 2.75) is 20.8 Å². The van der Waals surface area contributed by atoms with Crippen LogP contribution in [0.3, 0.4) is 0 Å². The first-order valence-corrected chi connectivity index (χ1v) is 10.7. The van der Waals surface area contributed by atoms with Gasteiger partial charge in [0.25, 0.3) is 11.1 Å². The van der Waals surface area contributed by atoms with Gasteiger partial charge in [-0.3, -0.25) is 14.5 Å². The van der Waals surface area contributed by atoms with Gasteiger partial charge in [-0.1, -0.05) is 23.8 Å². The number of amides is 2. The second-order valence-electron chi connectivity index (χ2n) is 6.57. The average Bonchev–Trinajstić information content (AvgIpc) is 2.99. The van der Waals surface area contributed by atoms with E-state index in [0.717, 1.165) is 22.9 Å². The number of carbonyl (C=O) groups is 2. The zero-order chi connectivity index (χ0) is 21.5. The minimum Gasteiger partial charge on any atom is -0.492 e. The molecule has 2 amide bonds. The van der Waals surface area contributed by atoms with Gasteiger partial charge in [-0.2, -0.15) is 0 Å². The normalized spacial score (nSPS) is 15.0. The van der Waals surface area contributed by atoms with E-state index in [4.69, 9.17) is 14.2 Å². The summed E-state index contributed by atoms with van der Waals surface area (Å²) in [7, 11) is 0. The molecule has 0 saturated carbocycles. The maximum Gasteiger partial charge on any atom is 0.293 e. The van der Waals surface area contributed by atoms with Crippen LogP contribution in [0.5, 0.6) is 17.2 Å². The lowest BCUT2D eigenvalue weighted by atomic mass is 10.2. The second-order valence-corrected chi connectivity index (χ2v) is 7.56. The number of carbonyl (C=O) groups excluding carboxylic acids is 2. The van der Waals surface area contributed by atoms with E-state index in [1.54, 1.807) is 12.1 Å². The van der Waals surface area contributed by atoms with E-state index in [1.165, 1.54) is 4.90 Å². The van der Waals surface area contributed by atoms with Crippen molar-refractivity contribution in [2.24, 2.45) is 0 Å². The molecule has 0 aromatic heterocycles. The van der Waals surface area contributed by atoms with Crippen LogP contribution in [0.4, 0.5) is 4.79 Å². The van der Waals surface area contributed by atoms with E-state index < -0.39 is 0 Å². The molecule has 3 rings (SSSR count). The highest BCUT2D eigenvalue weighted by atomic mass is 32.2. The Hall–Kier alpha value is -2.93. The van der Waals surface area contributed by atoms with Crippen LogP contribution < -0.4 is 14.2 Å². The predicted molar refractivity (Wildman–Crippen MR) is 118 cm³/mol. The van der Waals surface area contributed by atoms with E-state index in [2.05, 4.69) is 0 Å². The number of thioether (sulfide) groups is 1. The smallest absolute Gasteiger partial charge is 0.293 e. The number of rotatable bonds is 9. The van der Waals surface area contributed by atoms with Crippen LogP contribution in [0, 0.1) is 6.92 Å². The highest BCUT2D eigenvalue weighted by molar-refractivity contribution is 8.18. The zero-order valence-corrected chi connectivity index (χ0v) is 18.2. The summed E-state index contributed by atoms with van der Waals surface area (Å²) in [6.07, 6.45) is 1.70.